The number of para-hydroxylation sites is 1. The van der Waals surface area contributed by atoms with E-state index in [4.69, 9.17) is 0 Å². The number of hydrogen-bond donors (Lipinski definition) is 2. The molecule has 0 aliphatic heterocycles. The largest absolute Gasteiger partial charge is 0.385 e. The van der Waals surface area contributed by atoms with Crippen molar-refractivity contribution in [2.45, 2.75) is 18.9 Å². The number of halogens is 1. The van der Waals surface area contributed by atoms with E-state index in [1.54, 1.807) is 19.2 Å². The lowest BCUT2D eigenvalue weighted by atomic mass is 10.1. The van der Waals surface area contributed by atoms with Crippen LogP contribution >= 0.6 is 0 Å². The highest BCUT2D eigenvalue weighted by Crippen LogP contribution is 2.23. The molecular weight excluding hydrogens is 267 g/mol. The number of hydrogen-bond acceptors (Lipinski definition) is 2. The van der Waals surface area contributed by atoms with Gasteiger partial charge in [0, 0.05) is 13.1 Å². The first-order valence-electron chi connectivity index (χ1n) is 7.03. The zero-order valence-electron chi connectivity index (χ0n) is 11.8. The molecule has 4 heteroatoms. The molecule has 1 aliphatic carbocycles. The Balaban J connectivity index is 1.75. The van der Waals surface area contributed by atoms with Crippen molar-refractivity contribution in [2.24, 2.45) is 0 Å². The van der Waals surface area contributed by atoms with Crippen LogP contribution in [0.2, 0.25) is 0 Å². The molecule has 1 aliphatic rings. The first kappa shape index (κ1) is 13.6. The van der Waals surface area contributed by atoms with Gasteiger partial charge in [0.2, 0.25) is 0 Å². The predicted molar refractivity (Wildman–Crippen MR) is 81.1 cm³/mol. The number of amides is 1. The fraction of sp³-hybridized carbons (Fsp3) is 0.235. The Kier molecular flexibility index (Phi) is 3.60. The minimum atomic E-state index is -0.417. The van der Waals surface area contributed by atoms with Crippen LogP contribution in [0.1, 0.15) is 21.5 Å². The molecule has 108 valence electrons. The first-order valence-corrected chi connectivity index (χ1v) is 7.03. The van der Waals surface area contributed by atoms with Gasteiger partial charge in [0.15, 0.2) is 0 Å². The second-order valence-corrected chi connectivity index (χ2v) is 5.26. The maximum atomic E-state index is 13.7. The molecule has 0 unspecified atom stereocenters. The third-order valence-corrected chi connectivity index (χ3v) is 3.89. The van der Waals surface area contributed by atoms with Crippen LogP contribution in [-0.2, 0) is 12.8 Å². The summed E-state index contributed by atoms with van der Waals surface area (Å²) < 4.78 is 13.7. The van der Waals surface area contributed by atoms with Gasteiger partial charge in [0.05, 0.1) is 11.3 Å². The minimum absolute atomic E-state index is 0.0721. The fourth-order valence-corrected chi connectivity index (χ4v) is 2.89. The number of anilines is 1. The van der Waals surface area contributed by atoms with Crippen molar-refractivity contribution in [3.05, 3.63) is 65.0 Å². The summed E-state index contributed by atoms with van der Waals surface area (Å²) in [5, 5.41) is 5.75. The highest BCUT2D eigenvalue weighted by molar-refractivity contribution is 5.99. The van der Waals surface area contributed by atoms with Gasteiger partial charge < -0.3 is 10.6 Å². The van der Waals surface area contributed by atoms with E-state index in [2.05, 4.69) is 22.8 Å². The van der Waals surface area contributed by atoms with Gasteiger partial charge in [-0.1, -0.05) is 30.3 Å². The van der Waals surface area contributed by atoms with Crippen LogP contribution in [0.15, 0.2) is 42.5 Å². The zero-order chi connectivity index (χ0) is 14.8. The summed E-state index contributed by atoms with van der Waals surface area (Å²) >= 11 is 0. The third-order valence-electron chi connectivity index (χ3n) is 3.89. The van der Waals surface area contributed by atoms with Crippen molar-refractivity contribution in [1.29, 1.82) is 0 Å². The van der Waals surface area contributed by atoms with Crippen LogP contribution < -0.4 is 10.6 Å². The van der Waals surface area contributed by atoms with Gasteiger partial charge in [-0.05, 0) is 36.1 Å². The molecule has 1 amide bonds. The van der Waals surface area contributed by atoms with Crippen LogP contribution in [0.3, 0.4) is 0 Å². The van der Waals surface area contributed by atoms with Crippen LogP contribution in [0, 0.1) is 5.82 Å². The lowest BCUT2D eigenvalue weighted by Crippen LogP contribution is -2.35. The molecule has 3 nitrogen and oxygen atoms in total. The van der Waals surface area contributed by atoms with Crippen molar-refractivity contribution in [2.75, 3.05) is 12.4 Å². The minimum Gasteiger partial charge on any atom is -0.385 e. The van der Waals surface area contributed by atoms with Crippen molar-refractivity contribution in [3.63, 3.8) is 0 Å². The molecule has 21 heavy (non-hydrogen) atoms. The number of carbonyl (C=O) groups is 1. The molecule has 0 atom stereocenters. The van der Waals surface area contributed by atoms with Gasteiger partial charge in [-0.15, -0.1) is 0 Å². The monoisotopic (exact) mass is 284 g/mol. The maximum absolute atomic E-state index is 13.7. The van der Waals surface area contributed by atoms with Crippen molar-refractivity contribution < 1.29 is 9.18 Å². The molecule has 0 fully saturated rings. The van der Waals surface area contributed by atoms with E-state index < -0.39 is 5.82 Å². The van der Waals surface area contributed by atoms with E-state index in [0.717, 1.165) is 12.8 Å². The average Bonchev–Trinajstić information content (AvgIpc) is 2.89. The summed E-state index contributed by atoms with van der Waals surface area (Å²) in [4.78, 5) is 12.4. The molecule has 0 saturated carbocycles. The molecule has 0 bridgehead atoms. The second-order valence-electron chi connectivity index (χ2n) is 5.26. The van der Waals surface area contributed by atoms with Gasteiger partial charge in [0.1, 0.15) is 5.82 Å². The summed E-state index contributed by atoms with van der Waals surface area (Å²) in [5.74, 6) is -0.656. The van der Waals surface area contributed by atoms with Crippen LogP contribution in [0.4, 0.5) is 10.1 Å². The highest BCUT2D eigenvalue weighted by Gasteiger charge is 2.24. The second kappa shape index (κ2) is 5.56. The molecule has 2 aromatic carbocycles. The Bertz CT molecular complexity index is 659. The van der Waals surface area contributed by atoms with Crippen LogP contribution in [-0.4, -0.2) is 19.0 Å². The Morgan fingerprint density at radius 2 is 1.76 bits per heavy atom. The summed E-state index contributed by atoms with van der Waals surface area (Å²) in [5.41, 5.74) is 3.13. The van der Waals surface area contributed by atoms with Gasteiger partial charge >= 0.3 is 0 Å². The van der Waals surface area contributed by atoms with Crippen molar-refractivity contribution >= 4 is 11.6 Å². The van der Waals surface area contributed by atoms with E-state index in [-0.39, 0.29) is 17.6 Å². The number of benzene rings is 2. The quantitative estimate of drug-likeness (QED) is 0.910. The molecule has 0 spiro atoms. The lowest BCUT2D eigenvalue weighted by Gasteiger charge is -2.14. The van der Waals surface area contributed by atoms with E-state index in [0.29, 0.717) is 5.56 Å². The zero-order valence-corrected chi connectivity index (χ0v) is 11.8. The highest BCUT2D eigenvalue weighted by atomic mass is 19.1. The van der Waals surface area contributed by atoms with E-state index >= 15 is 0 Å². The normalized spacial score (nSPS) is 13.8. The number of nitrogens with one attached hydrogen (secondary N) is 2. The van der Waals surface area contributed by atoms with Crippen LogP contribution in [0.5, 0.6) is 0 Å². The number of fused-ring (bicyclic) bond motifs is 1. The van der Waals surface area contributed by atoms with Gasteiger partial charge in [-0.2, -0.15) is 0 Å². The molecule has 0 aromatic heterocycles. The molecular formula is C17H17FN2O. The maximum Gasteiger partial charge on any atom is 0.253 e. The SMILES string of the molecule is CNc1c(F)cccc1C(=O)NC1Cc2ccccc2C1. The van der Waals surface area contributed by atoms with E-state index in [9.17, 15) is 9.18 Å². The third kappa shape index (κ3) is 2.61. The Hall–Kier alpha value is -2.36. The topological polar surface area (TPSA) is 41.1 Å². The summed E-state index contributed by atoms with van der Waals surface area (Å²) in [6.07, 6.45) is 1.65. The Morgan fingerprint density at radius 3 is 2.38 bits per heavy atom. The molecule has 0 radical (unpaired) electrons. The predicted octanol–water partition coefficient (Wildman–Crippen LogP) is 2.76. The summed E-state index contributed by atoms with van der Waals surface area (Å²) in [6.45, 7) is 0. The molecule has 0 heterocycles. The summed E-state index contributed by atoms with van der Waals surface area (Å²) in [7, 11) is 1.61. The number of carbonyl (C=O) groups excluding carboxylic acids is 1. The van der Waals surface area contributed by atoms with E-state index in [1.807, 2.05) is 12.1 Å². The van der Waals surface area contributed by atoms with Gasteiger partial charge in [-0.3, -0.25) is 4.79 Å². The first-order chi connectivity index (χ1) is 10.2. The average molecular weight is 284 g/mol. The molecule has 2 aromatic rings. The van der Waals surface area contributed by atoms with E-state index in [1.165, 1.54) is 17.2 Å². The molecule has 2 N–H and O–H groups in total. The smallest absolute Gasteiger partial charge is 0.253 e. The molecule has 3 rings (SSSR count). The van der Waals surface area contributed by atoms with Crippen molar-refractivity contribution in [3.8, 4) is 0 Å². The van der Waals surface area contributed by atoms with Gasteiger partial charge in [-0.25, -0.2) is 4.39 Å². The Labute approximate surface area is 123 Å². The number of rotatable bonds is 3. The standard InChI is InChI=1S/C17H17FN2O/c1-19-16-14(7-4-8-15(16)18)17(21)20-13-9-11-5-2-3-6-12(11)10-13/h2-8,13,19H,9-10H2,1H3,(H,20,21). The molecule has 0 saturated heterocycles. The fourth-order valence-electron chi connectivity index (χ4n) is 2.89. The van der Waals surface area contributed by atoms with Crippen LogP contribution in [0.25, 0.3) is 0 Å². The Morgan fingerprint density at radius 1 is 1.10 bits per heavy atom. The van der Waals surface area contributed by atoms with Crippen molar-refractivity contribution in [1.82, 2.24) is 5.32 Å². The summed E-state index contributed by atoms with van der Waals surface area (Å²) in [6, 6.07) is 12.8. The van der Waals surface area contributed by atoms with Gasteiger partial charge in [0.25, 0.3) is 5.91 Å². The lowest BCUT2D eigenvalue weighted by molar-refractivity contribution is 0.0939.